The SMILES string of the molecule is O=C(O)c1cc(C2CC2)cnc1Nc1ccc2c(ccn2Cc2cccc(Cl)c2)c1. The highest BCUT2D eigenvalue weighted by molar-refractivity contribution is 6.30. The Morgan fingerprint density at radius 2 is 2.03 bits per heavy atom. The summed E-state index contributed by atoms with van der Waals surface area (Å²) in [6.07, 6.45) is 6.04. The van der Waals surface area contributed by atoms with Crippen molar-refractivity contribution in [2.75, 3.05) is 5.32 Å². The van der Waals surface area contributed by atoms with Gasteiger partial charge >= 0.3 is 5.97 Å². The highest BCUT2D eigenvalue weighted by Gasteiger charge is 2.26. The first-order valence-electron chi connectivity index (χ1n) is 9.90. The molecule has 6 heteroatoms. The maximum atomic E-state index is 11.7. The number of rotatable bonds is 6. The molecule has 2 heterocycles. The Hall–Kier alpha value is -3.31. The van der Waals surface area contributed by atoms with Crippen LogP contribution in [0.2, 0.25) is 5.02 Å². The number of nitrogens with one attached hydrogen (secondary N) is 1. The van der Waals surface area contributed by atoms with Crippen molar-refractivity contribution in [1.82, 2.24) is 9.55 Å². The van der Waals surface area contributed by atoms with Gasteiger partial charge in [-0.3, -0.25) is 0 Å². The van der Waals surface area contributed by atoms with Crippen LogP contribution in [0.1, 0.15) is 40.2 Å². The molecule has 1 aliphatic rings. The zero-order chi connectivity index (χ0) is 20.7. The van der Waals surface area contributed by atoms with E-state index >= 15 is 0 Å². The molecule has 0 aliphatic heterocycles. The number of halogens is 1. The third kappa shape index (κ3) is 3.76. The molecule has 1 fully saturated rings. The van der Waals surface area contributed by atoms with Gasteiger partial charge in [0.25, 0.3) is 0 Å². The molecule has 0 saturated heterocycles. The van der Waals surface area contributed by atoms with Crippen LogP contribution in [0.5, 0.6) is 0 Å². The third-order valence-corrected chi connectivity index (χ3v) is 5.70. The molecule has 2 aromatic carbocycles. The van der Waals surface area contributed by atoms with Crippen molar-refractivity contribution in [1.29, 1.82) is 0 Å². The maximum Gasteiger partial charge on any atom is 0.339 e. The Labute approximate surface area is 178 Å². The summed E-state index contributed by atoms with van der Waals surface area (Å²) in [7, 11) is 0. The largest absolute Gasteiger partial charge is 0.478 e. The lowest BCUT2D eigenvalue weighted by Gasteiger charge is -2.11. The minimum atomic E-state index is -0.971. The van der Waals surface area contributed by atoms with Crippen LogP contribution in [-0.2, 0) is 6.54 Å². The van der Waals surface area contributed by atoms with Crippen LogP contribution in [0, 0.1) is 0 Å². The Morgan fingerprint density at radius 3 is 2.80 bits per heavy atom. The Balaban J connectivity index is 1.42. The quantitative estimate of drug-likeness (QED) is 0.400. The highest BCUT2D eigenvalue weighted by atomic mass is 35.5. The molecule has 0 radical (unpaired) electrons. The lowest BCUT2D eigenvalue weighted by atomic mass is 10.1. The number of carboxylic acids is 1. The van der Waals surface area contributed by atoms with Gasteiger partial charge in [0.15, 0.2) is 0 Å². The Bertz CT molecular complexity index is 1260. The predicted octanol–water partition coefficient (Wildman–Crippen LogP) is 6.06. The van der Waals surface area contributed by atoms with Crippen LogP contribution in [0.15, 0.2) is 67.0 Å². The molecule has 5 rings (SSSR count). The number of nitrogens with zero attached hydrogens (tertiary/aromatic N) is 2. The molecular formula is C24H20ClN3O2. The summed E-state index contributed by atoms with van der Waals surface area (Å²) in [5.74, 6) is -0.147. The van der Waals surface area contributed by atoms with Crippen LogP contribution in [0.25, 0.3) is 10.9 Å². The Morgan fingerprint density at radius 1 is 1.17 bits per heavy atom. The van der Waals surface area contributed by atoms with Gasteiger partial charge in [0.1, 0.15) is 11.4 Å². The van der Waals surface area contributed by atoms with Crippen molar-refractivity contribution in [3.8, 4) is 0 Å². The fourth-order valence-corrected chi connectivity index (χ4v) is 3.98. The summed E-state index contributed by atoms with van der Waals surface area (Å²) in [6.45, 7) is 0.726. The molecule has 0 bridgehead atoms. The monoisotopic (exact) mass is 417 g/mol. The van der Waals surface area contributed by atoms with E-state index in [4.69, 9.17) is 11.6 Å². The summed E-state index contributed by atoms with van der Waals surface area (Å²) in [4.78, 5) is 16.1. The minimum absolute atomic E-state index is 0.207. The molecule has 5 nitrogen and oxygen atoms in total. The molecule has 0 amide bonds. The van der Waals surface area contributed by atoms with E-state index in [1.54, 1.807) is 12.3 Å². The first kappa shape index (κ1) is 18.7. The molecule has 150 valence electrons. The van der Waals surface area contributed by atoms with E-state index in [9.17, 15) is 9.90 Å². The van der Waals surface area contributed by atoms with Gasteiger partial charge in [-0.05, 0) is 72.4 Å². The number of benzene rings is 2. The average molecular weight is 418 g/mol. The van der Waals surface area contributed by atoms with Gasteiger partial charge < -0.3 is 15.0 Å². The van der Waals surface area contributed by atoms with Crippen molar-refractivity contribution in [3.05, 3.63) is 88.7 Å². The molecule has 4 aromatic rings. The molecular weight excluding hydrogens is 398 g/mol. The normalized spacial score (nSPS) is 13.5. The zero-order valence-corrected chi connectivity index (χ0v) is 16.9. The number of pyridine rings is 1. The van der Waals surface area contributed by atoms with Gasteiger partial charge in [-0.25, -0.2) is 9.78 Å². The highest BCUT2D eigenvalue weighted by Crippen LogP contribution is 2.40. The summed E-state index contributed by atoms with van der Waals surface area (Å²) < 4.78 is 2.16. The topological polar surface area (TPSA) is 67.2 Å². The van der Waals surface area contributed by atoms with Crippen LogP contribution >= 0.6 is 11.6 Å². The minimum Gasteiger partial charge on any atom is -0.478 e. The smallest absolute Gasteiger partial charge is 0.339 e. The van der Waals surface area contributed by atoms with E-state index in [1.165, 1.54) is 0 Å². The van der Waals surface area contributed by atoms with Gasteiger partial charge in [-0.2, -0.15) is 0 Å². The average Bonchev–Trinajstić information content (AvgIpc) is 3.50. The first-order valence-corrected chi connectivity index (χ1v) is 10.3. The van der Waals surface area contributed by atoms with Crippen LogP contribution in [-0.4, -0.2) is 20.6 Å². The summed E-state index contributed by atoms with van der Waals surface area (Å²) in [5, 5.41) is 14.6. The van der Waals surface area contributed by atoms with E-state index in [0.29, 0.717) is 11.7 Å². The number of hydrogen-bond acceptors (Lipinski definition) is 3. The molecule has 1 saturated carbocycles. The number of aromatic carboxylic acids is 1. The zero-order valence-electron chi connectivity index (χ0n) is 16.2. The van der Waals surface area contributed by atoms with E-state index in [-0.39, 0.29) is 5.56 Å². The summed E-state index contributed by atoms with van der Waals surface area (Å²) in [5.41, 5.74) is 4.24. The molecule has 2 N–H and O–H groups in total. The second kappa shape index (κ2) is 7.50. The fourth-order valence-electron chi connectivity index (χ4n) is 3.77. The lowest BCUT2D eigenvalue weighted by Crippen LogP contribution is -2.06. The standard InChI is InChI=1S/C24H20ClN3O2/c25-19-3-1-2-15(10-19)14-28-9-8-17-11-20(6-7-22(17)28)27-23-21(24(29)30)12-18(13-26-23)16-4-5-16/h1-3,6-13,16H,4-5,14H2,(H,26,27)(H,29,30). The summed E-state index contributed by atoms with van der Waals surface area (Å²) >= 11 is 6.10. The third-order valence-electron chi connectivity index (χ3n) is 5.46. The van der Waals surface area contributed by atoms with E-state index in [2.05, 4.69) is 20.9 Å². The van der Waals surface area contributed by atoms with Crippen molar-refractivity contribution in [2.45, 2.75) is 25.3 Å². The number of anilines is 2. The molecule has 0 unspecified atom stereocenters. The van der Waals surface area contributed by atoms with Crippen LogP contribution in [0.3, 0.4) is 0 Å². The number of carboxylic acid groups (broad SMARTS) is 1. The number of aromatic nitrogens is 2. The van der Waals surface area contributed by atoms with Crippen LogP contribution < -0.4 is 5.32 Å². The molecule has 0 spiro atoms. The van der Waals surface area contributed by atoms with Gasteiger partial charge in [-0.15, -0.1) is 0 Å². The molecule has 1 aliphatic carbocycles. The van der Waals surface area contributed by atoms with E-state index in [1.807, 2.05) is 48.7 Å². The van der Waals surface area contributed by atoms with Crippen LogP contribution in [0.4, 0.5) is 11.5 Å². The molecule has 0 atom stereocenters. The van der Waals surface area contributed by atoms with Gasteiger partial charge in [0, 0.05) is 40.6 Å². The van der Waals surface area contributed by atoms with E-state index in [0.717, 1.165) is 52.1 Å². The first-order chi connectivity index (χ1) is 14.6. The second-order valence-electron chi connectivity index (χ2n) is 7.72. The van der Waals surface area contributed by atoms with Crippen molar-refractivity contribution in [2.24, 2.45) is 0 Å². The maximum absolute atomic E-state index is 11.7. The second-order valence-corrected chi connectivity index (χ2v) is 8.15. The van der Waals surface area contributed by atoms with Crippen molar-refractivity contribution >= 4 is 40.0 Å². The van der Waals surface area contributed by atoms with Crippen molar-refractivity contribution in [3.63, 3.8) is 0 Å². The fraction of sp³-hybridized carbons (Fsp3) is 0.167. The number of hydrogen-bond donors (Lipinski definition) is 2. The van der Waals surface area contributed by atoms with Gasteiger partial charge in [0.2, 0.25) is 0 Å². The number of carbonyl (C=O) groups is 1. The summed E-state index contributed by atoms with van der Waals surface area (Å²) in [6, 6.07) is 17.6. The molecule has 30 heavy (non-hydrogen) atoms. The Kier molecular flexibility index (Phi) is 4.68. The lowest BCUT2D eigenvalue weighted by molar-refractivity contribution is 0.0697. The van der Waals surface area contributed by atoms with Gasteiger partial charge in [0.05, 0.1) is 0 Å². The molecule has 2 aromatic heterocycles. The number of fused-ring (bicyclic) bond motifs is 1. The van der Waals surface area contributed by atoms with E-state index < -0.39 is 5.97 Å². The van der Waals surface area contributed by atoms with Crippen molar-refractivity contribution < 1.29 is 9.90 Å². The van der Waals surface area contributed by atoms with Gasteiger partial charge in [-0.1, -0.05) is 23.7 Å². The predicted molar refractivity (Wildman–Crippen MR) is 119 cm³/mol.